The Morgan fingerprint density at radius 3 is 2.30 bits per heavy atom. The van der Waals surface area contributed by atoms with Crippen LogP contribution in [0.15, 0.2) is 42.5 Å². The number of phenolic OH excluding ortho intramolecular Hbond substituents is 2. The van der Waals surface area contributed by atoms with Crippen molar-refractivity contribution in [3.8, 4) is 11.5 Å². The van der Waals surface area contributed by atoms with Crippen LogP contribution >= 0.6 is 0 Å². The molecule has 27 heavy (non-hydrogen) atoms. The van der Waals surface area contributed by atoms with E-state index >= 15 is 0 Å². The molecular weight excluding hydrogens is 350 g/mol. The van der Waals surface area contributed by atoms with Crippen molar-refractivity contribution in [1.82, 2.24) is 9.80 Å². The highest BCUT2D eigenvalue weighted by Crippen LogP contribution is 2.36. The number of rotatable bonds is 6. The lowest BCUT2D eigenvalue weighted by Gasteiger charge is -2.34. The Balaban J connectivity index is 1.57. The summed E-state index contributed by atoms with van der Waals surface area (Å²) >= 11 is 0. The van der Waals surface area contributed by atoms with Crippen LogP contribution in [-0.4, -0.2) is 63.4 Å². The summed E-state index contributed by atoms with van der Waals surface area (Å²) in [6, 6.07) is 12.2. The van der Waals surface area contributed by atoms with E-state index in [0.717, 1.165) is 31.8 Å². The third-order valence-corrected chi connectivity index (χ3v) is 4.67. The lowest BCUT2D eigenvalue weighted by atomic mass is 10.1. The van der Waals surface area contributed by atoms with Gasteiger partial charge in [-0.1, -0.05) is 30.3 Å². The van der Waals surface area contributed by atoms with Crippen molar-refractivity contribution in [3.05, 3.63) is 63.7 Å². The molecule has 2 aromatic carbocycles. The normalized spacial score (nSPS) is 15.6. The van der Waals surface area contributed by atoms with E-state index in [1.54, 1.807) is 0 Å². The van der Waals surface area contributed by atoms with E-state index in [-0.39, 0.29) is 17.9 Å². The molecule has 1 aliphatic rings. The minimum absolute atomic E-state index is 0.0173. The molecule has 1 aliphatic heterocycles. The summed E-state index contributed by atoms with van der Waals surface area (Å²) in [5, 5.41) is 30.1. The van der Waals surface area contributed by atoms with E-state index in [2.05, 4.69) is 17.0 Å². The molecule has 0 saturated carbocycles. The molecule has 0 atom stereocenters. The van der Waals surface area contributed by atoms with Gasteiger partial charge in [-0.2, -0.15) is 0 Å². The number of piperazine rings is 1. The average Bonchev–Trinajstić information content (AvgIpc) is 2.66. The number of hydrogen-bond acceptors (Lipinski definition) is 7. The maximum atomic E-state index is 12.5. The third kappa shape index (κ3) is 4.60. The lowest BCUT2D eigenvalue weighted by molar-refractivity contribution is -0.386. The molecule has 1 saturated heterocycles. The number of phenols is 2. The lowest BCUT2D eigenvalue weighted by Crippen LogP contribution is -2.47. The van der Waals surface area contributed by atoms with Crippen LogP contribution in [0.1, 0.15) is 15.9 Å². The smallest absolute Gasteiger partial charge is 0.315 e. The van der Waals surface area contributed by atoms with E-state index in [9.17, 15) is 25.1 Å². The van der Waals surface area contributed by atoms with Crippen molar-refractivity contribution in [1.29, 1.82) is 0 Å². The minimum Gasteiger partial charge on any atom is -0.504 e. The van der Waals surface area contributed by atoms with Gasteiger partial charge in [0.1, 0.15) is 0 Å². The number of carbonyl (C=O) groups is 1. The van der Waals surface area contributed by atoms with Crippen LogP contribution in [-0.2, 0) is 6.54 Å². The predicted octanol–water partition coefficient (Wildman–Crippen LogP) is 2.01. The summed E-state index contributed by atoms with van der Waals surface area (Å²) in [7, 11) is 0. The Bertz CT molecular complexity index is 833. The summed E-state index contributed by atoms with van der Waals surface area (Å²) in [5.41, 5.74) is 0.587. The highest BCUT2D eigenvalue weighted by atomic mass is 16.6. The Morgan fingerprint density at radius 1 is 1.04 bits per heavy atom. The Labute approximate surface area is 156 Å². The fourth-order valence-corrected chi connectivity index (χ4v) is 3.15. The van der Waals surface area contributed by atoms with Gasteiger partial charge in [-0.25, -0.2) is 0 Å². The molecule has 0 radical (unpaired) electrons. The number of ketones is 1. The molecule has 0 amide bonds. The summed E-state index contributed by atoms with van der Waals surface area (Å²) in [6.07, 6.45) is 0. The molecule has 0 unspecified atom stereocenters. The fourth-order valence-electron chi connectivity index (χ4n) is 3.15. The fraction of sp³-hybridized carbons (Fsp3) is 0.316. The first-order valence-electron chi connectivity index (χ1n) is 8.66. The van der Waals surface area contributed by atoms with Crippen LogP contribution in [0.4, 0.5) is 5.69 Å². The number of benzene rings is 2. The van der Waals surface area contributed by atoms with Crippen LogP contribution in [0.25, 0.3) is 0 Å². The zero-order valence-corrected chi connectivity index (χ0v) is 14.7. The first kappa shape index (κ1) is 18.8. The van der Waals surface area contributed by atoms with Gasteiger partial charge in [-0.15, -0.1) is 0 Å². The highest BCUT2D eigenvalue weighted by Gasteiger charge is 2.24. The van der Waals surface area contributed by atoms with Crippen molar-refractivity contribution in [2.75, 3.05) is 32.7 Å². The molecule has 0 aliphatic carbocycles. The van der Waals surface area contributed by atoms with E-state index < -0.39 is 22.1 Å². The largest absolute Gasteiger partial charge is 0.504 e. The molecule has 2 aromatic rings. The molecular formula is C19H21N3O5. The van der Waals surface area contributed by atoms with Gasteiger partial charge in [-0.05, 0) is 11.6 Å². The monoisotopic (exact) mass is 371 g/mol. The topological polar surface area (TPSA) is 107 Å². The molecule has 2 N–H and O–H groups in total. The van der Waals surface area contributed by atoms with Gasteiger partial charge in [0.25, 0.3) is 0 Å². The number of nitro groups is 1. The van der Waals surface area contributed by atoms with Crippen molar-refractivity contribution in [2.45, 2.75) is 6.54 Å². The molecule has 8 heteroatoms. The number of nitrogens with zero attached hydrogens (tertiary/aromatic N) is 3. The summed E-state index contributed by atoms with van der Waals surface area (Å²) in [4.78, 5) is 26.9. The first-order chi connectivity index (χ1) is 12.9. The van der Waals surface area contributed by atoms with Crippen molar-refractivity contribution >= 4 is 11.5 Å². The second-order valence-electron chi connectivity index (χ2n) is 6.58. The van der Waals surface area contributed by atoms with Crippen LogP contribution in [0.5, 0.6) is 11.5 Å². The quantitative estimate of drug-likeness (QED) is 0.346. The van der Waals surface area contributed by atoms with Crippen LogP contribution < -0.4 is 0 Å². The maximum absolute atomic E-state index is 12.5. The summed E-state index contributed by atoms with van der Waals surface area (Å²) < 4.78 is 0. The van der Waals surface area contributed by atoms with Crippen molar-refractivity contribution in [3.63, 3.8) is 0 Å². The molecule has 1 fully saturated rings. The van der Waals surface area contributed by atoms with Gasteiger partial charge in [0, 0.05) is 44.4 Å². The Morgan fingerprint density at radius 2 is 1.67 bits per heavy atom. The number of Topliss-reactive ketones (excluding diaryl/α,β-unsaturated/α-hetero) is 1. The summed E-state index contributed by atoms with van der Waals surface area (Å²) in [5.74, 6) is -1.82. The molecule has 1 heterocycles. The van der Waals surface area contributed by atoms with E-state index in [0.29, 0.717) is 13.1 Å². The zero-order valence-electron chi connectivity index (χ0n) is 14.7. The van der Waals surface area contributed by atoms with Gasteiger partial charge in [0.05, 0.1) is 11.5 Å². The van der Waals surface area contributed by atoms with E-state index in [1.807, 2.05) is 23.1 Å². The standard InChI is InChI=1S/C19H21N3O5/c23-17-11-15(10-16(19(17)25)22(26)27)18(24)13-21-8-6-20(7-9-21)12-14-4-2-1-3-5-14/h1-5,10-11,23,25H,6-9,12-13H2. The highest BCUT2D eigenvalue weighted by molar-refractivity contribution is 5.99. The second kappa shape index (κ2) is 8.15. The maximum Gasteiger partial charge on any atom is 0.315 e. The SMILES string of the molecule is O=C(CN1CCN(Cc2ccccc2)CC1)c1cc(O)c(O)c([N+](=O)[O-])c1. The van der Waals surface area contributed by atoms with E-state index in [4.69, 9.17) is 0 Å². The van der Waals surface area contributed by atoms with Crippen molar-refractivity contribution < 1.29 is 19.9 Å². The van der Waals surface area contributed by atoms with Crippen LogP contribution in [0.2, 0.25) is 0 Å². The Kier molecular flexibility index (Phi) is 5.68. The summed E-state index contributed by atoms with van der Waals surface area (Å²) in [6.45, 7) is 4.04. The van der Waals surface area contributed by atoms with Gasteiger partial charge in [-0.3, -0.25) is 24.7 Å². The molecule has 0 aromatic heterocycles. The molecule has 142 valence electrons. The van der Waals surface area contributed by atoms with Crippen LogP contribution in [0.3, 0.4) is 0 Å². The number of aromatic hydroxyl groups is 2. The molecule has 3 rings (SSSR count). The van der Waals surface area contributed by atoms with Gasteiger partial charge in [0.2, 0.25) is 5.75 Å². The Hall–Kier alpha value is -2.97. The number of carbonyl (C=O) groups excluding carboxylic acids is 1. The molecule has 0 spiro atoms. The number of nitro benzene ring substituents is 1. The van der Waals surface area contributed by atoms with Gasteiger partial charge < -0.3 is 10.2 Å². The van der Waals surface area contributed by atoms with E-state index in [1.165, 1.54) is 5.56 Å². The third-order valence-electron chi connectivity index (χ3n) is 4.67. The molecule has 0 bridgehead atoms. The van der Waals surface area contributed by atoms with Gasteiger partial charge >= 0.3 is 5.69 Å². The van der Waals surface area contributed by atoms with Crippen LogP contribution in [0, 0.1) is 10.1 Å². The second-order valence-corrected chi connectivity index (χ2v) is 6.58. The predicted molar refractivity (Wildman–Crippen MR) is 98.9 cm³/mol. The molecule has 8 nitrogen and oxygen atoms in total. The van der Waals surface area contributed by atoms with Crippen molar-refractivity contribution in [2.24, 2.45) is 0 Å². The minimum atomic E-state index is -0.828. The number of hydrogen-bond donors (Lipinski definition) is 2. The zero-order chi connectivity index (χ0) is 19.4. The average molecular weight is 371 g/mol. The first-order valence-corrected chi connectivity index (χ1v) is 8.66. The van der Waals surface area contributed by atoms with Gasteiger partial charge in [0.15, 0.2) is 11.5 Å².